The lowest BCUT2D eigenvalue weighted by molar-refractivity contribution is 0.423. The molecule has 2 aromatic rings. The minimum atomic E-state index is -0.237. The lowest BCUT2D eigenvalue weighted by Crippen LogP contribution is -2.35. The number of benzene rings is 1. The van der Waals surface area contributed by atoms with Crippen LogP contribution in [0.2, 0.25) is 0 Å². The van der Waals surface area contributed by atoms with Crippen LogP contribution in [0.1, 0.15) is 31.3 Å². The van der Waals surface area contributed by atoms with E-state index in [1.165, 1.54) is 23.5 Å². The monoisotopic (exact) mass is 279 g/mol. The third kappa shape index (κ3) is 4.08. The van der Waals surface area contributed by atoms with Gasteiger partial charge in [0.1, 0.15) is 15.8 Å². The smallest absolute Gasteiger partial charge is 0.147 e. The SMILES string of the molecule is Cc1cc(F)cc(-c2nnc(CNC(C)(C)C)s2)c1. The molecule has 0 saturated carbocycles. The first kappa shape index (κ1) is 14.1. The van der Waals surface area contributed by atoms with Crippen molar-refractivity contribution in [2.45, 2.75) is 39.8 Å². The molecule has 0 aliphatic heterocycles. The number of aryl methyl sites for hydroxylation is 1. The van der Waals surface area contributed by atoms with Gasteiger partial charge in [-0.15, -0.1) is 10.2 Å². The molecule has 3 nitrogen and oxygen atoms in total. The Morgan fingerprint density at radius 3 is 2.58 bits per heavy atom. The standard InChI is InChI=1S/C14H18FN3S/c1-9-5-10(7-11(15)6-9)13-18-17-12(19-13)8-16-14(2,3)4/h5-7,16H,8H2,1-4H3. The molecule has 0 spiro atoms. The molecule has 0 fully saturated rings. The van der Waals surface area contributed by atoms with Gasteiger partial charge in [-0.25, -0.2) is 4.39 Å². The van der Waals surface area contributed by atoms with Crippen LogP contribution in [-0.4, -0.2) is 15.7 Å². The zero-order chi connectivity index (χ0) is 14.0. The van der Waals surface area contributed by atoms with E-state index in [0.717, 1.165) is 21.1 Å². The molecule has 0 radical (unpaired) electrons. The van der Waals surface area contributed by atoms with Gasteiger partial charge in [0.25, 0.3) is 0 Å². The van der Waals surface area contributed by atoms with Crippen molar-refractivity contribution in [1.29, 1.82) is 0 Å². The van der Waals surface area contributed by atoms with Crippen molar-refractivity contribution in [3.05, 3.63) is 34.6 Å². The number of aromatic nitrogens is 2. The summed E-state index contributed by atoms with van der Waals surface area (Å²) in [7, 11) is 0. The predicted octanol–water partition coefficient (Wildman–Crippen LogP) is 3.54. The summed E-state index contributed by atoms with van der Waals surface area (Å²) >= 11 is 1.49. The fourth-order valence-electron chi connectivity index (χ4n) is 1.64. The summed E-state index contributed by atoms with van der Waals surface area (Å²) in [6.45, 7) is 8.85. The van der Waals surface area contributed by atoms with Crippen LogP contribution in [0, 0.1) is 12.7 Å². The van der Waals surface area contributed by atoms with Crippen molar-refractivity contribution < 1.29 is 4.39 Å². The molecule has 1 aromatic carbocycles. The van der Waals surface area contributed by atoms with Gasteiger partial charge in [-0.2, -0.15) is 0 Å². The zero-order valence-electron chi connectivity index (χ0n) is 11.6. The number of rotatable bonds is 3. The molecule has 19 heavy (non-hydrogen) atoms. The molecule has 5 heteroatoms. The average molecular weight is 279 g/mol. The quantitative estimate of drug-likeness (QED) is 0.934. The van der Waals surface area contributed by atoms with Gasteiger partial charge in [-0.05, 0) is 51.5 Å². The van der Waals surface area contributed by atoms with Crippen LogP contribution in [0.3, 0.4) is 0 Å². The minimum absolute atomic E-state index is 0.0429. The number of halogens is 1. The molecule has 1 N–H and O–H groups in total. The molecule has 0 saturated heterocycles. The predicted molar refractivity (Wildman–Crippen MR) is 76.6 cm³/mol. The highest BCUT2D eigenvalue weighted by atomic mass is 32.1. The Hall–Kier alpha value is -1.33. The van der Waals surface area contributed by atoms with E-state index in [2.05, 4.69) is 36.3 Å². The summed E-state index contributed by atoms with van der Waals surface area (Å²) in [5.41, 5.74) is 1.72. The number of hydrogen-bond donors (Lipinski definition) is 1. The van der Waals surface area contributed by atoms with Gasteiger partial charge in [-0.3, -0.25) is 0 Å². The first-order valence-electron chi connectivity index (χ1n) is 6.18. The number of hydrogen-bond acceptors (Lipinski definition) is 4. The summed E-state index contributed by atoms with van der Waals surface area (Å²) in [6, 6.07) is 4.92. The fraction of sp³-hybridized carbons (Fsp3) is 0.429. The molecular formula is C14H18FN3S. The highest BCUT2D eigenvalue weighted by Gasteiger charge is 2.12. The number of nitrogens with one attached hydrogen (secondary N) is 1. The van der Waals surface area contributed by atoms with Crippen molar-refractivity contribution in [1.82, 2.24) is 15.5 Å². The van der Waals surface area contributed by atoms with Gasteiger partial charge in [0.15, 0.2) is 0 Å². The van der Waals surface area contributed by atoms with Gasteiger partial charge in [0.05, 0.1) is 6.54 Å². The zero-order valence-corrected chi connectivity index (χ0v) is 12.4. The average Bonchev–Trinajstić information content (AvgIpc) is 2.72. The molecule has 2 rings (SSSR count). The van der Waals surface area contributed by atoms with E-state index < -0.39 is 0 Å². The van der Waals surface area contributed by atoms with Gasteiger partial charge >= 0.3 is 0 Å². The third-order valence-electron chi connectivity index (χ3n) is 2.53. The lowest BCUT2D eigenvalue weighted by Gasteiger charge is -2.19. The third-order valence-corrected chi connectivity index (χ3v) is 3.50. The van der Waals surface area contributed by atoms with Gasteiger partial charge in [-0.1, -0.05) is 11.3 Å². The fourth-order valence-corrected chi connectivity index (χ4v) is 2.41. The van der Waals surface area contributed by atoms with Gasteiger partial charge in [0.2, 0.25) is 0 Å². The Balaban J connectivity index is 2.16. The molecule has 1 heterocycles. The topological polar surface area (TPSA) is 37.8 Å². The highest BCUT2D eigenvalue weighted by Crippen LogP contribution is 2.25. The minimum Gasteiger partial charge on any atom is -0.306 e. The molecule has 0 aliphatic rings. The van der Waals surface area contributed by atoms with Gasteiger partial charge < -0.3 is 5.32 Å². The van der Waals surface area contributed by atoms with Crippen LogP contribution in [0.15, 0.2) is 18.2 Å². The van der Waals surface area contributed by atoms with E-state index in [1.807, 2.05) is 13.0 Å². The maximum atomic E-state index is 13.4. The molecule has 0 atom stereocenters. The van der Waals surface area contributed by atoms with E-state index >= 15 is 0 Å². The molecule has 0 unspecified atom stereocenters. The van der Waals surface area contributed by atoms with Crippen molar-refractivity contribution >= 4 is 11.3 Å². The highest BCUT2D eigenvalue weighted by molar-refractivity contribution is 7.14. The maximum Gasteiger partial charge on any atom is 0.147 e. The normalized spacial score (nSPS) is 11.8. The van der Waals surface area contributed by atoms with E-state index in [0.29, 0.717) is 6.54 Å². The molecule has 0 bridgehead atoms. The lowest BCUT2D eigenvalue weighted by atomic mass is 10.1. The molecule has 1 aromatic heterocycles. The van der Waals surface area contributed by atoms with Crippen molar-refractivity contribution in [3.8, 4) is 10.6 Å². The second-order valence-corrected chi connectivity index (χ2v) is 6.68. The Labute approximate surface area is 116 Å². The summed E-state index contributed by atoms with van der Waals surface area (Å²) in [5, 5.41) is 13.3. The summed E-state index contributed by atoms with van der Waals surface area (Å²) in [5.74, 6) is -0.237. The summed E-state index contributed by atoms with van der Waals surface area (Å²) < 4.78 is 13.4. The van der Waals surface area contributed by atoms with Crippen LogP contribution < -0.4 is 5.32 Å². The molecule has 102 valence electrons. The number of nitrogens with zero attached hydrogens (tertiary/aromatic N) is 2. The summed E-state index contributed by atoms with van der Waals surface area (Å²) in [6.07, 6.45) is 0. The van der Waals surface area contributed by atoms with E-state index in [4.69, 9.17) is 0 Å². The first-order chi connectivity index (χ1) is 8.83. The van der Waals surface area contributed by atoms with Crippen LogP contribution in [0.5, 0.6) is 0 Å². The van der Waals surface area contributed by atoms with Gasteiger partial charge in [0, 0.05) is 11.1 Å². The molecule has 0 amide bonds. The van der Waals surface area contributed by atoms with E-state index in [1.54, 1.807) is 0 Å². The molecule has 0 aliphatic carbocycles. The van der Waals surface area contributed by atoms with Crippen molar-refractivity contribution in [2.75, 3.05) is 0 Å². The van der Waals surface area contributed by atoms with Crippen molar-refractivity contribution in [2.24, 2.45) is 0 Å². The first-order valence-corrected chi connectivity index (χ1v) is 7.00. The van der Waals surface area contributed by atoms with Crippen LogP contribution >= 0.6 is 11.3 Å². The Kier molecular flexibility index (Phi) is 3.96. The summed E-state index contributed by atoms with van der Waals surface area (Å²) in [4.78, 5) is 0. The largest absolute Gasteiger partial charge is 0.306 e. The Morgan fingerprint density at radius 1 is 1.21 bits per heavy atom. The molecular weight excluding hydrogens is 261 g/mol. The Bertz CT molecular complexity index is 552. The second-order valence-electron chi connectivity index (χ2n) is 5.62. The Morgan fingerprint density at radius 2 is 1.95 bits per heavy atom. The van der Waals surface area contributed by atoms with E-state index in [-0.39, 0.29) is 11.4 Å². The second kappa shape index (κ2) is 5.35. The van der Waals surface area contributed by atoms with Crippen LogP contribution in [0.25, 0.3) is 10.6 Å². The van der Waals surface area contributed by atoms with Crippen LogP contribution in [0.4, 0.5) is 4.39 Å². The van der Waals surface area contributed by atoms with Crippen molar-refractivity contribution in [3.63, 3.8) is 0 Å². The van der Waals surface area contributed by atoms with E-state index in [9.17, 15) is 4.39 Å². The maximum absolute atomic E-state index is 13.4. The van der Waals surface area contributed by atoms with Crippen LogP contribution in [-0.2, 0) is 6.54 Å².